The van der Waals surface area contributed by atoms with Crippen LogP contribution in [-0.2, 0) is 9.59 Å². The van der Waals surface area contributed by atoms with Gasteiger partial charge in [-0.2, -0.15) is 0 Å². The number of fused-ring (bicyclic) bond motifs is 2. The summed E-state index contributed by atoms with van der Waals surface area (Å²) in [7, 11) is 0. The number of hydrogen-bond acceptors (Lipinski definition) is 11. The van der Waals surface area contributed by atoms with Crippen molar-refractivity contribution in [2.75, 3.05) is 79.4 Å². The number of ether oxygens (including phenoxy) is 1. The second-order valence-electron chi connectivity index (χ2n) is 15.2. The quantitative estimate of drug-likeness (QED) is 0.160. The van der Waals surface area contributed by atoms with Gasteiger partial charge in [-0.05, 0) is 91.3 Å². The number of pyridine rings is 1. The fourth-order valence-corrected chi connectivity index (χ4v) is 8.50. The summed E-state index contributed by atoms with van der Waals surface area (Å²) in [6, 6.07) is 23.2. The SMILES string of the molecule is Cc1c(-c2ccc3cnc(Nc4ccc(N5CCC(CN6CCN(c7ccc(C8CCC(=O)NC8=O)cc7)CC6)CC5)cc4)nc3c2)cnc2c1NCCO2. The number of anilines is 5. The zero-order chi connectivity index (χ0) is 37.3. The van der Waals surface area contributed by atoms with E-state index in [1.54, 1.807) is 0 Å². The van der Waals surface area contributed by atoms with E-state index >= 15 is 0 Å². The molecule has 3 aromatic carbocycles. The molecule has 0 radical (unpaired) electrons. The van der Waals surface area contributed by atoms with Gasteiger partial charge in [0, 0.05) is 99.2 Å². The molecule has 12 heteroatoms. The van der Waals surface area contributed by atoms with E-state index in [2.05, 4.69) is 114 Å². The van der Waals surface area contributed by atoms with Crippen molar-refractivity contribution in [3.8, 4) is 17.0 Å². The molecule has 0 bridgehead atoms. The van der Waals surface area contributed by atoms with Crippen LogP contribution in [0.25, 0.3) is 22.0 Å². The van der Waals surface area contributed by atoms with E-state index in [1.165, 1.54) is 24.2 Å². The minimum absolute atomic E-state index is 0.172. The lowest BCUT2D eigenvalue weighted by molar-refractivity contribution is -0.134. The van der Waals surface area contributed by atoms with Crippen LogP contribution in [0.15, 0.2) is 79.1 Å². The van der Waals surface area contributed by atoms with Crippen LogP contribution in [-0.4, -0.2) is 90.6 Å². The molecule has 4 aliphatic heterocycles. The predicted molar refractivity (Wildman–Crippen MR) is 216 cm³/mol. The van der Waals surface area contributed by atoms with Crippen LogP contribution in [0.1, 0.15) is 42.7 Å². The number of benzene rings is 3. The first-order valence-electron chi connectivity index (χ1n) is 19.6. The minimum atomic E-state index is -0.234. The van der Waals surface area contributed by atoms with Gasteiger partial charge in [0.05, 0.1) is 11.4 Å². The molecule has 0 aliphatic carbocycles. The molecule has 6 heterocycles. The maximum Gasteiger partial charge on any atom is 0.237 e. The highest BCUT2D eigenvalue weighted by molar-refractivity contribution is 6.01. The lowest BCUT2D eigenvalue weighted by atomic mass is 9.90. The first-order chi connectivity index (χ1) is 26.9. The number of hydrogen-bond donors (Lipinski definition) is 3. The summed E-state index contributed by atoms with van der Waals surface area (Å²) in [5.74, 6) is 1.35. The molecular formula is C43H47N9O3. The lowest BCUT2D eigenvalue weighted by Gasteiger charge is -2.40. The van der Waals surface area contributed by atoms with Crippen molar-refractivity contribution in [3.05, 3.63) is 90.3 Å². The Labute approximate surface area is 321 Å². The van der Waals surface area contributed by atoms with Gasteiger partial charge in [0.2, 0.25) is 23.6 Å². The number of nitrogens with one attached hydrogen (secondary N) is 3. The van der Waals surface area contributed by atoms with Crippen LogP contribution in [0.4, 0.5) is 28.7 Å². The fraction of sp³-hybridized carbons (Fsp3) is 0.372. The van der Waals surface area contributed by atoms with E-state index in [4.69, 9.17) is 9.72 Å². The third kappa shape index (κ3) is 7.51. The van der Waals surface area contributed by atoms with Crippen LogP contribution in [0.3, 0.4) is 0 Å². The molecule has 2 amide bonds. The lowest BCUT2D eigenvalue weighted by Crippen LogP contribution is -2.49. The molecule has 3 saturated heterocycles. The Morgan fingerprint density at radius 2 is 1.58 bits per heavy atom. The molecule has 0 saturated carbocycles. The number of piperazine rings is 1. The summed E-state index contributed by atoms with van der Waals surface area (Å²) in [5.41, 5.74) is 9.45. The van der Waals surface area contributed by atoms with E-state index in [0.717, 1.165) is 96.9 Å². The summed E-state index contributed by atoms with van der Waals surface area (Å²) in [6.07, 6.45) is 7.12. The average Bonchev–Trinajstić information content (AvgIpc) is 3.22. The summed E-state index contributed by atoms with van der Waals surface area (Å²) >= 11 is 0. The number of carbonyl (C=O) groups excluding carboxylic acids is 2. The van der Waals surface area contributed by atoms with Crippen molar-refractivity contribution in [1.29, 1.82) is 0 Å². The Kier molecular flexibility index (Phi) is 9.65. The van der Waals surface area contributed by atoms with Gasteiger partial charge in [0.1, 0.15) is 12.3 Å². The highest BCUT2D eigenvalue weighted by atomic mass is 16.5. The van der Waals surface area contributed by atoms with Crippen LogP contribution in [0, 0.1) is 12.8 Å². The molecule has 5 aromatic rings. The zero-order valence-corrected chi connectivity index (χ0v) is 31.3. The number of carbonyl (C=O) groups is 2. The highest BCUT2D eigenvalue weighted by Crippen LogP contribution is 2.36. The topological polar surface area (TPSA) is 128 Å². The number of aromatic nitrogens is 3. The van der Waals surface area contributed by atoms with Crippen LogP contribution >= 0.6 is 0 Å². The van der Waals surface area contributed by atoms with Crippen LogP contribution in [0.5, 0.6) is 5.88 Å². The molecule has 2 aromatic heterocycles. The smallest absolute Gasteiger partial charge is 0.237 e. The molecular weight excluding hydrogens is 691 g/mol. The molecule has 1 unspecified atom stereocenters. The molecule has 55 heavy (non-hydrogen) atoms. The molecule has 9 rings (SSSR count). The molecule has 4 aliphatic rings. The van der Waals surface area contributed by atoms with Crippen molar-refractivity contribution in [3.63, 3.8) is 0 Å². The number of imide groups is 1. The molecule has 1 atom stereocenters. The maximum atomic E-state index is 12.3. The standard InChI is InChI=1S/C43H47N9O3/c1-28-37(26-45-42-40(28)44-16-23-55-42)31-2-3-32-25-46-43(48-38(32)24-31)47-33-6-10-35(11-7-33)51-17-14-29(15-18-51)27-50-19-21-52(22-20-50)34-8-4-30(5-9-34)36-12-13-39(53)49-41(36)54/h2-11,24-26,29,36,44H,12-23,27H2,1H3,(H,46,47,48)(H,49,53,54). The number of rotatable bonds is 8. The Balaban J connectivity index is 0.750. The van der Waals surface area contributed by atoms with E-state index in [1.807, 2.05) is 12.4 Å². The summed E-state index contributed by atoms with van der Waals surface area (Å²) in [5, 5.41) is 10.3. The van der Waals surface area contributed by atoms with Gasteiger partial charge in [0.25, 0.3) is 0 Å². The Morgan fingerprint density at radius 1 is 0.836 bits per heavy atom. The number of amides is 2. The minimum Gasteiger partial charge on any atom is -0.474 e. The van der Waals surface area contributed by atoms with E-state index in [-0.39, 0.29) is 17.7 Å². The summed E-state index contributed by atoms with van der Waals surface area (Å²) in [4.78, 5) is 45.4. The largest absolute Gasteiger partial charge is 0.474 e. The third-order valence-corrected chi connectivity index (χ3v) is 11.7. The van der Waals surface area contributed by atoms with Gasteiger partial charge in [-0.3, -0.25) is 19.8 Å². The molecule has 3 fully saturated rings. The number of piperidine rings is 2. The van der Waals surface area contributed by atoms with Crippen molar-refractivity contribution >= 4 is 51.4 Å². The van der Waals surface area contributed by atoms with E-state index < -0.39 is 0 Å². The maximum absolute atomic E-state index is 12.3. The summed E-state index contributed by atoms with van der Waals surface area (Å²) in [6.45, 7) is 10.9. The van der Waals surface area contributed by atoms with Gasteiger partial charge < -0.3 is 25.2 Å². The van der Waals surface area contributed by atoms with Crippen molar-refractivity contribution in [2.24, 2.45) is 5.92 Å². The third-order valence-electron chi connectivity index (χ3n) is 11.7. The zero-order valence-electron chi connectivity index (χ0n) is 31.3. The Hall–Kier alpha value is -5.75. The molecule has 12 nitrogen and oxygen atoms in total. The molecule has 282 valence electrons. The van der Waals surface area contributed by atoms with Gasteiger partial charge >= 0.3 is 0 Å². The molecule has 0 spiro atoms. The van der Waals surface area contributed by atoms with Gasteiger partial charge in [0.15, 0.2) is 0 Å². The van der Waals surface area contributed by atoms with E-state index in [0.29, 0.717) is 37.2 Å². The van der Waals surface area contributed by atoms with E-state index in [9.17, 15) is 9.59 Å². The van der Waals surface area contributed by atoms with Gasteiger partial charge in [-0.1, -0.05) is 24.3 Å². The normalized spacial score (nSPS) is 19.4. The second-order valence-corrected chi connectivity index (χ2v) is 15.2. The Morgan fingerprint density at radius 3 is 2.35 bits per heavy atom. The van der Waals surface area contributed by atoms with Crippen LogP contribution in [0.2, 0.25) is 0 Å². The predicted octanol–water partition coefficient (Wildman–Crippen LogP) is 6.11. The van der Waals surface area contributed by atoms with Crippen molar-refractivity contribution in [1.82, 2.24) is 25.2 Å². The van der Waals surface area contributed by atoms with Gasteiger partial charge in [-0.15, -0.1) is 0 Å². The number of nitrogens with zero attached hydrogens (tertiary/aromatic N) is 6. The van der Waals surface area contributed by atoms with Crippen molar-refractivity contribution < 1.29 is 14.3 Å². The summed E-state index contributed by atoms with van der Waals surface area (Å²) < 4.78 is 5.72. The average molecular weight is 738 g/mol. The fourth-order valence-electron chi connectivity index (χ4n) is 8.50. The monoisotopic (exact) mass is 737 g/mol. The first-order valence-corrected chi connectivity index (χ1v) is 19.6. The highest BCUT2D eigenvalue weighted by Gasteiger charge is 2.29. The Bertz CT molecular complexity index is 2190. The van der Waals surface area contributed by atoms with Crippen molar-refractivity contribution in [2.45, 2.75) is 38.5 Å². The van der Waals surface area contributed by atoms with Crippen LogP contribution < -0.4 is 30.5 Å². The second kappa shape index (κ2) is 15.2. The molecule has 3 N–H and O–H groups in total. The van der Waals surface area contributed by atoms with Gasteiger partial charge in [-0.25, -0.2) is 15.0 Å². The first kappa shape index (κ1) is 35.0.